The Kier molecular flexibility index (Phi) is 5.97. The first-order chi connectivity index (χ1) is 12.0. The number of carbonyl (C=O) groups is 2. The molecule has 0 aromatic heterocycles. The third-order valence-electron chi connectivity index (χ3n) is 5.36. The van der Waals surface area contributed by atoms with Gasteiger partial charge in [0.05, 0.1) is 6.04 Å². The van der Waals surface area contributed by atoms with Crippen molar-refractivity contribution in [2.75, 3.05) is 31.5 Å². The normalized spacial score (nSPS) is 20.5. The predicted molar refractivity (Wildman–Crippen MR) is 99.7 cm³/mol. The quantitative estimate of drug-likeness (QED) is 0.894. The molecule has 1 aromatic rings. The lowest BCUT2D eigenvalue weighted by atomic mass is 9.95. The molecular weight excluding hydrogens is 338 g/mol. The van der Waals surface area contributed by atoms with Crippen LogP contribution in [0.15, 0.2) is 24.3 Å². The highest BCUT2D eigenvalue weighted by Gasteiger charge is 2.37. The van der Waals surface area contributed by atoms with E-state index in [1.807, 2.05) is 17.0 Å². The van der Waals surface area contributed by atoms with E-state index in [0.717, 1.165) is 31.6 Å². The van der Waals surface area contributed by atoms with E-state index < -0.39 is 0 Å². The zero-order valence-corrected chi connectivity index (χ0v) is 15.5. The van der Waals surface area contributed by atoms with Crippen LogP contribution >= 0.6 is 11.6 Å². The van der Waals surface area contributed by atoms with Gasteiger partial charge in [0.15, 0.2) is 0 Å². The molecule has 3 rings (SSSR count). The van der Waals surface area contributed by atoms with Crippen LogP contribution in [-0.4, -0.2) is 53.8 Å². The molecule has 6 heteroatoms. The van der Waals surface area contributed by atoms with E-state index in [2.05, 4.69) is 10.2 Å². The number of hydrogen-bond acceptors (Lipinski definition) is 3. The van der Waals surface area contributed by atoms with Crippen molar-refractivity contribution in [2.45, 2.75) is 38.6 Å². The number of rotatable bonds is 4. The van der Waals surface area contributed by atoms with Gasteiger partial charge in [-0.3, -0.25) is 14.5 Å². The standard InChI is InChI=1S/C19H26ClN3O2/c1-14(24)22-9-11-23(12-10-22)18(15-5-2-3-6-15)19(25)21-17-8-4-7-16(20)13-17/h4,7-8,13,15,18H,2-3,5-6,9-12H2,1H3,(H,21,25)/t18-/m1/s1. The molecule has 25 heavy (non-hydrogen) atoms. The average Bonchev–Trinajstić information content (AvgIpc) is 3.09. The number of hydrogen-bond donors (Lipinski definition) is 1. The van der Waals surface area contributed by atoms with Gasteiger partial charge in [0.25, 0.3) is 0 Å². The van der Waals surface area contributed by atoms with Crippen molar-refractivity contribution in [3.63, 3.8) is 0 Å². The fraction of sp³-hybridized carbons (Fsp3) is 0.579. The molecule has 0 unspecified atom stereocenters. The maximum atomic E-state index is 13.0. The third-order valence-corrected chi connectivity index (χ3v) is 5.60. The van der Waals surface area contributed by atoms with Gasteiger partial charge in [-0.15, -0.1) is 0 Å². The Balaban J connectivity index is 1.71. The highest BCUT2D eigenvalue weighted by atomic mass is 35.5. The van der Waals surface area contributed by atoms with E-state index in [9.17, 15) is 9.59 Å². The van der Waals surface area contributed by atoms with E-state index in [1.54, 1.807) is 19.1 Å². The van der Waals surface area contributed by atoms with E-state index in [4.69, 9.17) is 11.6 Å². The van der Waals surface area contributed by atoms with Crippen LogP contribution in [0.2, 0.25) is 5.02 Å². The Morgan fingerprint density at radius 2 is 1.84 bits per heavy atom. The first kappa shape index (κ1) is 18.2. The molecule has 2 fully saturated rings. The minimum Gasteiger partial charge on any atom is -0.340 e. The topological polar surface area (TPSA) is 52.7 Å². The fourth-order valence-corrected chi connectivity index (χ4v) is 4.24. The maximum Gasteiger partial charge on any atom is 0.242 e. The summed E-state index contributed by atoms with van der Waals surface area (Å²) in [7, 11) is 0. The van der Waals surface area contributed by atoms with Gasteiger partial charge in [-0.1, -0.05) is 30.5 Å². The molecule has 2 amide bonds. The zero-order chi connectivity index (χ0) is 17.8. The molecule has 1 aliphatic heterocycles. The van der Waals surface area contributed by atoms with Crippen LogP contribution in [0.3, 0.4) is 0 Å². The van der Waals surface area contributed by atoms with Crippen LogP contribution in [0, 0.1) is 5.92 Å². The Morgan fingerprint density at radius 1 is 1.16 bits per heavy atom. The molecule has 1 aromatic carbocycles. The monoisotopic (exact) mass is 363 g/mol. The minimum atomic E-state index is -0.129. The summed E-state index contributed by atoms with van der Waals surface area (Å²) >= 11 is 6.03. The second-order valence-electron chi connectivity index (χ2n) is 7.03. The first-order valence-corrected chi connectivity index (χ1v) is 9.48. The van der Waals surface area contributed by atoms with E-state index in [-0.39, 0.29) is 17.9 Å². The highest BCUT2D eigenvalue weighted by molar-refractivity contribution is 6.30. The molecule has 1 atom stereocenters. The van der Waals surface area contributed by atoms with Crippen molar-refractivity contribution in [3.8, 4) is 0 Å². The molecule has 0 bridgehead atoms. The first-order valence-electron chi connectivity index (χ1n) is 9.10. The lowest BCUT2D eigenvalue weighted by molar-refractivity contribution is -0.132. The van der Waals surface area contributed by atoms with Crippen molar-refractivity contribution in [1.82, 2.24) is 9.80 Å². The Labute approximate surface area is 154 Å². The zero-order valence-electron chi connectivity index (χ0n) is 14.7. The summed E-state index contributed by atoms with van der Waals surface area (Å²) in [6, 6.07) is 7.15. The number of carbonyl (C=O) groups excluding carboxylic acids is 2. The number of halogens is 1. The van der Waals surface area contributed by atoms with Crippen molar-refractivity contribution in [2.24, 2.45) is 5.92 Å². The summed E-state index contributed by atoms with van der Waals surface area (Å²) in [4.78, 5) is 28.7. The van der Waals surface area contributed by atoms with Crippen molar-refractivity contribution < 1.29 is 9.59 Å². The molecular formula is C19H26ClN3O2. The summed E-state index contributed by atoms with van der Waals surface area (Å²) in [5.41, 5.74) is 0.739. The predicted octanol–water partition coefficient (Wildman–Crippen LogP) is 3.00. The smallest absolute Gasteiger partial charge is 0.242 e. The van der Waals surface area contributed by atoms with Crippen molar-refractivity contribution in [3.05, 3.63) is 29.3 Å². The van der Waals surface area contributed by atoms with Gasteiger partial charge in [0, 0.05) is 43.8 Å². The summed E-state index contributed by atoms with van der Waals surface area (Å²) < 4.78 is 0. The van der Waals surface area contributed by atoms with Crippen LogP contribution in [0.4, 0.5) is 5.69 Å². The number of nitrogens with zero attached hydrogens (tertiary/aromatic N) is 2. The SMILES string of the molecule is CC(=O)N1CCN([C@@H](C(=O)Nc2cccc(Cl)c2)C2CCCC2)CC1. The molecule has 1 heterocycles. The Hall–Kier alpha value is -1.59. The second kappa shape index (κ2) is 8.19. The number of anilines is 1. The molecule has 0 radical (unpaired) electrons. The third kappa shape index (κ3) is 4.53. The highest BCUT2D eigenvalue weighted by Crippen LogP contribution is 2.31. The van der Waals surface area contributed by atoms with E-state index in [1.165, 1.54) is 12.8 Å². The van der Waals surface area contributed by atoms with Gasteiger partial charge in [-0.2, -0.15) is 0 Å². The summed E-state index contributed by atoms with van der Waals surface area (Å²) in [5.74, 6) is 0.550. The second-order valence-corrected chi connectivity index (χ2v) is 7.47. The van der Waals surface area contributed by atoms with Crippen molar-refractivity contribution >= 4 is 29.1 Å². The fourth-order valence-electron chi connectivity index (χ4n) is 4.05. The lowest BCUT2D eigenvalue weighted by Crippen LogP contribution is -2.56. The average molecular weight is 364 g/mol. The molecule has 1 saturated heterocycles. The van der Waals surface area contributed by atoms with Gasteiger partial charge < -0.3 is 10.2 Å². The molecule has 1 aliphatic carbocycles. The van der Waals surface area contributed by atoms with Crippen LogP contribution in [0.5, 0.6) is 0 Å². The summed E-state index contributed by atoms with van der Waals surface area (Å²) in [6.45, 7) is 4.51. The number of benzene rings is 1. The van der Waals surface area contributed by atoms with Gasteiger partial charge in [0.1, 0.15) is 0 Å². The Bertz CT molecular complexity index is 623. The maximum absolute atomic E-state index is 13.0. The van der Waals surface area contributed by atoms with Crippen LogP contribution in [0.1, 0.15) is 32.6 Å². The van der Waals surface area contributed by atoms with Gasteiger partial charge in [-0.05, 0) is 37.0 Å². The number of nitrogens with one attached hydrogen (secondary N) is 1. The number of piperazine rings is 1. The molecule has 1 N–H and O–H groups in total. The Morgan fingerprint density at radius 3 is 2.44 bits per heavy atom. The molecule has 0 spiro atoms. The van der Waals surface area contributed by atoms with Gasteiger partial charge >= 0.3 is 0 Å². The lowest BCUT2D eigenvalue weighted by Gasteiger charge is -2.40. The molecule has 136 valence electrons. The van der Waals surface area contributed by atoms with Crippen LogP contribution in [-0.2, 0) is 9.59 Å². The van der Waals surface area contributed by atoms with Crippen molar-refractivity contribution in [1.29, 1.82) is 0 Å². The van der Waals surface area contributed by atoms with Gasteiger partial charge in [-0.25, -0.2) is 0 Å². The van der Waals surface area contributed by atoms with Gasteiger partial charge in [0.2, 0.25) is 11.8 Å². The number of amides is 2. The largest absolute Gasteiger partial charge is 0.340 e. The summed E-state index contributed by atoms with van der Waals surface area (Å²) in [6.07, 6.45) is 4.58. The van der Waals surface area contributed by atoms with E-state index >= 15 is 0 Å². The molecule has 5 nitrogen and oxygen atoms in total. The van der Waals surface area contributed by atoms with Crippen LogP contribution in [0.25, 0.3) is 0 Å². The molecule has 1 saturated carbocycles. The summed E-state index contributed by atoms with van der Waals surface area (Å²) in [5, 5.41) is 3.66. The molecule has 2 aliphatic rings. The minimum absolute atomic E-state index is 0.0467. The van der Waals surface area contributed by atoms with Crippen LogP contribution < -0.4 is 5.32 Å². The van der Waals surface area contributed by atoms with E-state index in [0.29, 0.717) is 24.0 Å².